The molecule has 64 heavy (non-hydrogen) atoms. The molecule has 2 heterocycles. The van der Waals surface area contributed by atoms with E-state index in [4.69, 9.17) is 9.97 Å². The number of aromatic nitrogens is 2. The van der Waals surface area contributed by atoms with Crippen LogP contribution in [0, 0.1) is 0 Å². The van der Waals surface area contributed by atoms with E-state index < -0.39 is 0 Å². The quantitative estimate of drug-likeness (QED) is 0.160. The number of nitrogens with zero attached hydrogens (tertiary/aromatic N) is 2. The average Bonchev–Trinajstić information content (AvgIpc) is 3.86. The Morgan fingerprint density at radius 2 is 0.906 bits per heavy atom. The first-order valence-corrected chi connectivity index (χ1v) is 22.8. The minimum absolute atomic E-state index is 0.126. The van der Waals surface area contributed by atoms with Crippen molar-refractivity contribution < 1.29 is 0 Å². The number of hydrogen-bond donors (Lipinski definition) is 0. The Kier molecular flexibility index (Phi) is 9.06. The summed E-state index contributed by atoms with van der Waals surface area (Å²) < 4.78 is 2.59. The predicted octanol–water partition coefficient (Wildman–Crippen LogP) is 16.8. The summed E-state index contributed by atoms with van der Waals surface area (Å²) in [7, 11) is 0. The third-order valence-electron chi connectivity index (χ3n) is 13.1. The Bertz CT molecular complexity index is 3550. The molecule has 11 aromatic rings. The molecule has 0 fully saturated rings. The summed E-state index contributed by atoms with van der Waals surface area (Å²) in [4.78, 5) is 10.6. The van der Waals surface area contributed by atoms with Crippen molar-refractivity contribution in [1.29, 1.82) is 0 Å². The van der Waals surface area contributed by atoms with E-state index in [-0.39, 0.29) is 5.41 Å². The Hall–Kier alpha value is -7.72. The van der Waals surface area contributed by atoms with Crippen LogP contribution in [0.15, 0.2) is 218 Å². The zero-order valence-electron chi connectivity index (χ0n) is 35.6. The van der Waals surface area contributed by atoms with Gasteiger partial charge in [0.05, 0.1) is 11.4 Å². The van der Waals surface area contributed by atoms with E-state index in [0.717, 1.165) is 44.8 Å². The lowest BCUT2D eigenvalue weighted by atomic mass is 9.81. The van der Waals surface area contributed by atoms with E-state index >= 15 is 0 Å². The van der Waals surface area contributed by atoms with Gasteiger partial charge in [0.15, 0.2) is 5.82 Å². The van der Waals surface area contributed by atoms with Gasteiger partial charge in [-0.15, -0.1) is 11.3 Å². The first-order chi connectivity index (χ1) is 31.5. The summed E-state index contributed by atoms with van der Waals surface area (Å²) in [6, 6.07) is 79.0. The highest BCUT2D eigenvalue weighted by Gasteiger charge is 2.37. The molecule has 0 saturated heterocycles. The van der Waals surface area contributed by atoms with Crippen molar-refractivity contribution in [1.82, 2.24) is 9.97 Å². The highest BCUT2D eigenvalue weighted by molar-refractivity contribution is 7.26. The Labute approximate surface area is 377 Å². The van der Waals surface area contributed by atoms with E-state index in [1.807, 2.05) is 17.4 Å². The van der Waals surface area contributed by atoms with Crippen LogP contribution in [-0.4, -0.2) is 9.97 Å². The summed E-state index contributed by atoms with van der Waals surface area (Å²) in [5, 5.41) is 2.58. The van der Waals surface area contributed by atoms with Crippen LogP contribution >= 0.6 is 11.3 Å². The molecular formula is C61H42N2S. The summed E-state index contributed by atoms with van der Waals surface area (Å²) in [5.74, 6) is 0.700. The lowest BCUT2D eigenvalue weighted by Crippen LogP contribution is -2.15. The largest absolute Gasteiger partial charge is 0.228 e. The predicted molar refractivity (Wildman–Crippen MR) is 271 cm³/mol. The van der Waals surface area contributed by atoms with Crippen molar-refractivity contribution >= 4 is 31.5 Å². The molecule has 1 aliphatic carbocycles. The van der Waals surface area contributed by atoms with Crippen molar-refractivity contribution in [2.75, 3.05) is 0 Å². The van der Waals surface area contributed by atoms with Crippen LogP contribution < -0.4 is 0 Å². The summed E-state index contributed by atoms with van der Waals surface area (Å²) in [6.45, 7) is 4.72. The Balaban J connectivity index is 0.964. The number of fused-ring (bicyclic) bond motifs is 6. The number of benzene rings is 9. The SMILES string of the molecule is CC1(C)c2cc(-c3ccc(-c4cc(-c5cc(-c6ccccc6)cc(-c6cccc7c6sc6ccccc67)c5)nc(-c5ccccc5)n4)cc3)ccc2-c2c(-c3ccccc3)cccc21. The monoisotopic (exact) mass is 834 g/mol. The van der Waals surface area contributed by atoms with Crippen LogP contribution in [0.3, 0.4) is 0 Å². The minimum Gasteiger partial charge on any atom is -0.228 e. The maximum atomic E-state index is 5.31. The highest BCUT2D eigenvalue weighted by atomic mass is 32.1. The van der Waals surface area contributed by atoms with Gasteiger partial charge >= 0.3 is 0 Å². The first kappa shape index (κ1) is 38.0. The Morgan fingerprint density at radius 1 is 0.344 bits per heavy atom. The normalized spacial score (nSPS) is 12.7. The van der Waals surface area contributed by atoms with Crippen LogP contribution in [0.2, 0.25) is 0 Å². The van der Waals surface area contributed by atoms with E-state index in [2.05, 4.69) is 226 Å². The second kappa shape index (κ2) is 15.3. The van der Waals surface area contributed by atoms with Gasteiger partial charge in [-0.25, -0.2) is 9.97 Å². The van der Waals surface area contributed by atoms with Gasteiger partial charge in [0.25, 0.3) is 0 Å². The van der Waals surface area contributed by atoms with Crippen molar-refractivity contribution in [3.05, 3.63) is 230 Å². The lowest BCUT2D eigenvalue weighted by molar-refractivity contribution is 0.660. The van der Waals surface area contributed by atoms with Crippen molar-refractivity contribution in [3.63, 3.8) is 0 Å². The van der Waals surface area contributed by atoms with E-state index in [9.17, 15) is 0 Å². The molecule has 0 amide bonds. The third-order valence-corrected chi connectivity index (χ3v) is 14.3. The van der Waals surface area contributed by atoms with Gasteiger partial charge in [0.1, 0.15) is 0 Å². The molecule has 0 radical (unpaired) electrons. The fourth-order valence-corrected chi connectivity index (χ4v) is 11.1. The summed E-state index contributed by atoms with van der Waals surface area (Å²) >= 11 is 1.86. The molecule has 1 aliphatic rings. The zero-order valence-corrected chi connectivity index (χ0v) is 36.4. The number of hydrogen-bond acceptors (Lipinski definition) is 3. The molecule has 12 rings (SSSR count). The van der Waals surface area contributed by atoms with Crippen molar-refractivity contribution in [2.24, 2.45) is 0 Å². The molecule has 3 heteroatoms. The van der Waals surface area contributed by atoms with Crippen molar-refractivity contribution in [3.8, 4) is 89.5 Å². The number of thiophene rings is 1. The molecule has 0 N–H and O–H groups in total. The molecule has 0 saturated carbocycles. The Morgan fingerprint density at radius 3 is 1.67 bits per heavy atom. The fourth-order valence-electron chi connectivity index (χ4n) is 9.82. The van der Waals surface area contributed by atoms with Gasteiger partial charge in [0, 0.05) is 42.3 Å². The molecular weight excluding hydrogens is 793 g/mol. The van der Waals surface area contributed by atoms with Gasteiger partial charge in [-0.05, 0) is 103 Å². The molecule has 0 bridgehead atoms. The van der Waals surface area contributed by atoms with E-state index in [1.54, 1.807) is 0 Å². The first-order valence-electron chi connectivity index (χ1n) is 22.0. The molecule has 0 aliphatic heterocycles. The van der Waals surface area contributed by atoms with Gasteiger partial charge in [-0.1, -0.05) is 196 Å². The molecule has 0 atom stereocenters. The third kappa shape index (κ3) is 6.47. The lowest BCUT2D eigenvalue weighted by Gasteiger charge is -2.22. The zero-order chi connectivity index (χ0) is 42.8. The van der Waals surface area contributed by atoms with Gasteiger partial charge in [-0.2, -0.15) is 0 Å². The van der Waals surface area contributed by atoms with Crippen LogP contribution in [0.4, 0.5) is 0 Å². The minimum atomic E-state index is -0.126. The van der Waals surface area contributed by atoms with Crippen LogP contribution in [-0.2, 0) is 5.41 Å². The van der Waals surface area contributed by atoms with E-state index in [1.165, 1.54) is 70.2 Å². The van der Waals surface area contributed by atoms with Crippen LogP contribution in [0.25, 0.3) is 110 Å². The van der Waals surface area contributed by atoms with Gasteiger partial charge in [0.2, 0.25) is 0 Å². The summed E-state index contributed by atoms with van der Waals surface area (Å²) in [5.41, 5.74) is 19.7. The second-order valence-electron chi connectivity index (χ2n) is 17.3. The molecule has 0 spiro atoms. The summed E-state index contributed by atoms with van der Waals surface area (Å²) in [6.07, 6.45) is 0. The molecule has 302 valence electrons. The number of rotatable bonds is 7. The van der Waals surface area contributed by atoms with E-state index in [0.29, 0.717) is 5.82 Å². The molecule has 9 aromatic carbocycles. The topological polar surface area (TPSA) is 25.8 Å². The maximum absolute atomic E-state index is 5.31. The molecule has 2 nitrogen and oxygen atoms in total. The molecule has 0 unspecified atom stereocenters. The van der Waals surface area contributed by atoms with Crippen LogP contribution in [0.5, 0.6) is 0 Å². The smallest absolute Gasteiger partial charge is 0.160 e. The molecule has 2 aromatic heterocycles. The highest BCUT2D eigenvalue weighted by Crippen LogP contribution is 2.53. The van der Waals surface area contributed by atoms with Crippen molar-refractivity contribution in [2.45, 2.75) is 19.3 Å². The van der Waals surface area contributed by atoms with Gasteiger partial charge < -0.3 is 0 Å². The van der Waals surface area contributed by atoms with Crippen LogP contribution in [0.1, 0.15) is 25.0 Å². The second-order valence-corrected chi connectivity index (χ2v) is 18.4. The maximum Gasteiger partial charge on any atom is 0.160 e. The van der Waals surface area contributed by atoms with Gasteiger partial charge in [-0.3, -0.25) is 0 Å². The fraction of sp³-hybridized carbons (Fsp3) is 0.0492. The standard InChI is InChI=1S/C61H42N2S/c1-61(2)53-26-15-23-48(41-18-8-4-9-19-41)58(53)52-33-32-44(37-54(52)61)40-28-30-42(31-29-40)55-38-56(63-60(62-55)43-20-10-5-11-21-43)47-35-45(39-16-6-3-7-17-39)34-46(36-47)49-24-14-25-51-50-22-12-13-27-57(50)64-59(49)51/h3-38H,1-2H3. The average molecular weight is 835 g/mol.